The number of hydroxylamine groups is 1. The second kappa shape index (κ2) is 13.0. The topological polar surface area (TPSA) is 120 Å². The molecular formula is C27H34N2O7S2. The van der Waals surface area contributed by atoms with Crippen LogP contribution in [0.2, 0.25) is 0 Å². The highest BCUT2D eigenvalue weighted by Gasteiger charge is 2.49. The van der Waals surface area contributed by atoms with E-state index in [1.807, 2.05) is 24.3 Å². The van der Waals surface area contributed by atoms with E-state index in [1.54, 1.807) is 18.2 Å². The van der Waals surface area contributed by atoms with Gasteiger partial charge in [0.15, 0.2) is 16.1 Å². The Hall–Kier alpha value is -2.57. The third-order valence-electron chi connectivity index (χ3n) is 6.68. The molecule has 1 aromatic heterocycles. The highest BCUT2D eigenvalue weighted by molar-refractivity contribution is 7.92. The van der Waals surface area contributed by atoms with Crippen molar-refractivity contribution in [2.24, 2.45) is 0 Å². The average molecular weight is 563 g/mol. The van der Waals surface area contributed by atoms with Crippen LogP contribution in [0.3, 0.4) is 0 Å². The molecular weight excluding hydrogens is 528 g/mol. The van der Waals surface area contributed by atoms with E-state index in [1.165, 1.54) is 11.3 Å². The first kappa shape index (κ1) is 28.4. The van der Waals surface area contributed by atoms with Crippen molar-refractivity contribution in [3.05, 3.63) is 53.9 Å². The summed E-state index contributed by atoms with van der Waals surface area (Å²) in [5, 5.41) is 2.80. The fourth-order valence-corrected chi connectivity index (χ4v) is 8.54. The lowest BCUT2D eigenvalue weighted by Gasteiger charge is -2.35. The van der Waals surface area contributed by atoms with Crippen molar-refractivity contribution in [3.8, 4) is 10.4 Å². The molecule has 1 unspecified atom stereocenters. The van der Waals surface area contributed by atoms with Gasteiger partial charge in [-0.15, -0.1) is 17.9 Å². The lowest BCUT2D eigenvalue weighted by Crippen LogP contribution is -2.45. The molecule has 3 heterocycles. The van der Waals surface area contributed by atoms with Crippen LogP contribution in [0, 0.1) is 0 Å². The molecule has 2 atom stereocenters. The Morgan fingerprint density at radius 3 is 2.79 bits per heavy atom. The van der Waals surface area contributed by atoms with Gasteiger partial charge in [0.25, 0.3) is 0 Å². The second-order valence-electron chi connectivity index (χ2n) is 9.48. The number of hydrogen-bond donors (Lipinski definition) is 2. The molecule has 38 heavy (non-hydrogen) atoms. The summed E-state index contributed by atoms with van der Waals surface area (Å²) in [6.07, 6.45) is 5.08. The van der Waals surface area contributed by atoms with E-state index < -0.39 is 26.8 Å². The van der Waals surface area contributed by atoms with Gasteiger partial charge in [0, 0.05) is 28.5 Å². The fourth-order valence-electron chi connectivity index (χ4n) is 4.77. The summed E-state index contributed by atoms with van der Waals surface area (Å²) < 4.78 is 36.3. The minimum atomic E-state index is -3.60. The van der Waals surface area contributed by atoms with Gasteiger partial charge < -0.3 is 14.8 Å². The third kappa shape index (κ3) is 6.89. The Kier molecular flexibility index (Phi) is 9.72. The van der Waals surface area contributed by atoms with Gasteiger partial charge in [0.2, 0.25) is 11.8 Å². The Bertz CT molecular complexity index is 1240. The Balaban J connectivity index is 1.52. The van der Waals surface area contributed by atoms with Gasteiger partial charge in [-0.05, 0) is 55.5 Å². The van der Waals surface area contributed by atoms with Crippen LogP contribution in [0.1, 0.15) is 49.8 Å². The molecule has 2 saturated heterocycles. The number of thiophene rings is 1. The number of ether oxygens (including phenoxy) is 2. The standard InChI is InChI=1S/C27H34N2O7S2/c1-2-14-34-19-25(31)28-21-9-7-8-20(17-21)22-11-12-23(37-22)27(13-4-6-16-38(27,32)33)18-24(30)29-36-26-10-3-5-15-35-26/h2,7-9,11-12,17,26H,1,3-6,10,13-16,18-19H2,(H,28,31)(H,29,30)/t26?,27-/m0/s1. The fraction of sp³-hybridized carbons (Fsp3) is 0.481. The smallest absolute Gasteiger partial charge is 0.250 e. The summed E-state index contributed by atoms with van der Waals surface area (Å²) in [6, 6.07) is 11.0. The molecule has 0 spiro atoms. The van der Waals surface area contributed by atoms with Gasteiger partial charge in [0.05, 0.1) is 18.8 Å². The van der Waals surface area contributed by atoms with E-state index >= 15 is 0 Å². The van der Waals surface area contributed by atoms with Crippen LogP contribution in [-0.4, -0.2) is 52.1 Å². The van der Waals surface area contributed by atoms with Gasteiger partial charge in [-0.3, -0.25) is 9.59 Å². The lowest BCUT2D eigenvalue weighted by atomic mass is 9.94. The van der Waals surface area contributed by atoms with Gasteiger partial charge in [-0.25, -0.2) is 18.7 Å². The molecule has 2 amide bonds. The van der Waals surface area contributed by atoms with Crippen LogP contribution in [0.4, 0.5) is 5.69 Å². The van der Waals surface area contributed by atoms with Crippen molar-refractivity contribution in [2.75, 3.05) is 30.9 Å². The van der Waals surface area contributed by atoms with Crippen LogP contribution in [0.5, 0.6) is 0 Å². The van der Waals surface area contributed by atoms with E-state index in [-0.39, 0.29) is 31.3 Å². The largest absolute Gasteiger partial charge is 0.368 e. The van der Waals surface area contributed by atoms with Gasteiger partial charge in [-0.2, -0.15) is 0 Å². The number of nitrogens with one attached hydrogen (secondary N) is 2. The minimum Gasteiger partial charge on any atom is -0.368 e. The molecule has 2 aliphatic heterocycles. The molecule has 2 N–H and O–H groups in total. The molecule has 206 valence electrons. The molecule has 2 aromatic rings. The highest BCUT2D eigenvalue weighted by Crippen LogP contribution is 2.47. The quantitative estimate of drug-likeness (QED) is 0.238. The number of hydrogen-bond acceptors (Lipinski definition) is 8. The number of carbonyl (C=O) groups is 2. The molecule has 2 fully saturated rings. The molecule has 11 heteroatoms. The van der Waals surface area contributed by atoms with Crippen molar-refractivity contribution in [3.63, 3.8) is 0 Å². The van der Waals surface area contributed by atoms with Crippen molar-refractivity contribution in [2.45, 2.75) is 56.0 Å². The number of amides is 2. The number of sulfone groups is 1. The Morgan fingerprint density at radius 2 is 2.03 bits per heavy atom. The van der Waals surface area contributed by atoms with Crippen molar-refractivity contribution < 1.29 is 32.3 Å². The van der Waals surface area contributed by atoms with Crippen molar-refractivity contribution >= 4 is 38.7 Å². The van der Waals surface area contributed by atoms with E-state index in [0.717, 1.165) is 23.3 Å². The zero-order valence-electron chi connectivity index (χ0n) is 21.3. The Morgan fingerprint density at radius 1 is 1.16 bits per heavy atom. The van der Waals surface area contributed by atoms with E-state index in [4.69, 9.17) is 14.3 Å². The molecule has 0 aliphatic carbocycles. The van der Waals surface area contributed by atoms with Crippen LogP contribution in [0.15, 0.2) is 49.1 Å². The molecule has 0 saturated carbocycles. The maximum absolute atomic E-state index is 13.5. The lowest BCUT2D eigenvalue weighted by molar-refractivity contribution is -0.200. The summed E-state index contributed by atoms with van der Waals surface area (Å²) in [4.78, 5) is 31.9. The number of benzene rings is 1. The van der Waals surface area contributed by atoms with Crippen molar-refractivity contribution in [1.29, 1.82) is 0 Å². The SMILES string of the molecule is C=CCOCC(=O)Nc1cccc(-c2ccc([C@@]3(CC(=O)NOC4CCCCO4)CCCCS3(=O)=O)s2)c1. The summed E-state index contributed by atoms with van der Waals surface area (Å²) in [7, 11) is -3.60. The molecule has 0 bridgehead atoms. The Labute approximate surface area is 227 Å². The number of carbonyl (C=O) groups excluding carboxylic acids is 2. The monoisotopic (exact) mass is 562 g/mol. The first-order valence-corrected chi connectivity index (χ1v) is 15.3. The van der Waals surface area contributed by atoms with Gasteiger partial charge >= 0.3 is 0 Å². The van der Waals surface area contributed by atoms with Crippen molar-refractivity contribution in [1.82, 2.24) is 5.48 Å². The van der Waals surface area contributed by atoms with Crippen LogP contribution in [-0.2, 0) is 38.5 Å². The summed E-state index contributed by atoms with van der Waals surface area (Å²) in [6.45, 7) is 4.33. The number of anilines is 1. The van der Waals surface area contributed by atoms with Crippen LogP contribution < -0.4 is 10.8 Å². The zero-order valence-corrected chi connectivity index (χ0v) is 22.9. The average Bonchev–Trinajstić information content (AvgIpc) is 3.41. The predicted molar refractivity (Wildman–Crippen MR) is 146 cm³/mol. The zero-order chi connectivity index (χ0) is 27.0. The minimum absolute atomic E-state index is 0.0373. The third-order valence-corrected chi connectivity index (χ3v) is 10.7. The molecule has 4 rings (SSSR count). The molecule has 0 radical (unpaired) electrons. The molecule has 9 nitrogen and oxygen atoms in total. The van der Waals surface area contributed by atoms with E-state index in [9.17, 15) is 18.0 Å². The first-order valence-electron chi connectivity index (χ1n) is 12.8. The summed E-state index contributed by atoms with van der Waals surface area (Å²) in [5.41, 5.74) is 3.87. The number of rotatable bonds is 11. The summed E-state index contributed by atoms with van der Waals surface area (Å²) >= 11 is 1.35. The normalized spacial score (nSPS) is 22.9. The van der Waals surface area contributed by atoms with E-state index in [0.29, 0.717) is 42.9 Å². The maximum Gasteiger partial charge on any atom is 0.250 e. The molecule has 2 aliphatic rings. The predicted octanol–water partition coefficient (Wildman–Crippen LogP) is 4.31. The van der Waals surface area contributed by atoms with E-state index in [2.05, 4.69) is 17.4 Å². The maximum atomic E-state index is 13.5. The van der Waals surface area contributed by atoms with Gasteiger partial charge in [0.1, 0.15) is 11.4 Å². The first-order chi connectivity index (χ1) is 18.3. The van der Waals surface area contributed by atoms with Gasteiger partial charge in [-0.1, -0.05) is 24.6 Å². The van der Waals surface area contributed by atoms with Crippen LogP contribution in [0.25, 0.3) is 10.4 Å². The molecule has 1 aromatic carbocycles. The second-order valence-corrected chi connectivity index (χ2v) is 13.0. The summed E-state index contributed by atoms with van der Waals surface area (Å²) in [5.74, 6) is -0.729. The van der Waals surface area contributed by atoms with Crippen LogP contribution >= 0.6 is 11.3 Å². The highest BCUT2D eigenvalue weighted by atomic mass is 32.2.